The maximum Gasteiger partial charge on any atom is 0.243 e. The van der Waals surface area contributed by atoms with Crippen LogP contribution in [0.15, 0.2) is 55.6 Å². The van der Waals surface area contributed by atoms with E-state index in [1.54, 1.807) is 17.7 Å². The molecule has 0 spiro atoms. The van der Waals surface area contributed by atoms with Gasteiger partial charge in [-0.3, -0.25) is 4.79 Å². The highest BCUT2D eigenvalue weighted by Crippen LogP contribution is 2.36. The Morgan fingerprint density at radius 2 is 2.22 bits per heavy atom. The van der Waals surface area contributed by atoms with E-state index in [1.807, 2.05) is 43.6 Å². The summed E-state index contributed by atoms with van der Waals surface area (Å²) in [4.78, 5) is 29.0. The smallest absolute Gasteiger partial charge is 0.243 e. The number of thiazole rings is 1. The lowest BCUT2D eigenvalue weighted by atomic mass is 10.0. The van der Waals surface area contributed by atoms with Crippen molar-refractivity contribution >= 4 is 28.3 Å². The fraction of sp³-hybridized carbons (Fsp3) is 0.100. The predicted molar refractivity (Wildman–Crippen MR) is 107 cm³/mol. The first-order chi connectivity index (χ1) is 13.2. The number of nitrogens with zero attached hydrogens (tertiary/aromatic N) is 3. The van der Waals surface area contributed by atoms with E-state index in [2.05, 4.69) is 31.8 Å². The molecule has 0 aliphatic heterocycles. The Balaban J connectivity index is 1.79. The van der Waals surface area contributed by atoms with E-state index < -0.39 is 0 Å². The Hall–Kier alpha value is -3.32. The maximum atomic E-state index is 11.4. The first-order valence-electron chi connectivity index (χ1n) is 8.40. The van der Waals surface area contributed by atoms with Crippen molar-refractivity contribution in [2.45, 2.75) is 13.5 Å². The molecule has 4 aromatic rings. The number of carbonyl (C=O) groups is 1. The summed E-state index contributed by atoms with van der Waals surface area (Å²) in [6, 6.07) is 7.97. The van der Waals surface area contributed by atoms with Gasteiger partial charge in [-0.2, -0.15) is 0 Å². The summed E-state index contributed by atoms with van der Waals surface area (Å²) in [5, 5.41) is 4.77. The molecule has 1 aromatic carbocycles. The molecule has 1 amide bonds. The van der Waals surface area contributed by atoms with Gasteiger partial charge in [0.25, 0.3) is 0 Å². The number of aryl methyl sites for hydroxylation is 1. The SMILES string of the molecule is C=CC(=O)NCc1cccc(-c2ncnc3[nH]cc(-c4cnc(C)s4)c23)c1. The summed E-state index contributed by atoms with van der Waals surface area (Å²) >= 11 is 1.64. The van der Waals surface area contributed by atoms with Gasteiger partial charge in [0.05, 0.1) is 21.0 Å². The Kier molecular flexibility index (Phi) is 4.52. The number of fused-ring (bicyclic) bond motifs is 1. The molecule has 6 nitrogen and oxygen atoms in total. The van der Waals surface area contributed by atoms with E-state index in [1.165, 1.54) is 6.08 Å². The molecule has 27 heavy (non-hydrogen) atoms. The largest absolute Gasteiger partial charge is 0.348 e. The third kappa shape index (κ3) is 3.37. The molecule has 0 atom stereocenters. The molecule has 0 saturated carbocycles. The molecule has 134 valence electrons. The number of benzene rings is 1. The highest BCUT2D eigenvalue weighted by Gasteiger charge is 2.16. The monoisotopic (exact) mass is 375 g/mol. The fourth-order valence-corrected chi connectivity index (χ4v) is 3.75. The van der Waals surface area contributed by atoms with E-state index in [4.69, 9.17) is 0 Å². The Morgan fingerprint density at radius 1 is 1.33 bits per heavy atom. The minimum Gasteiger partial charge on any atom is -0.348 e. The predicted octanol–water partition coefficient (Wildman–Crippen LogP) is 3.86. The van der Waals surface area contributed by atoms with Crippen LogP contribution in [0.5, 0.6) is 0 Å². The van der Waals surface area contributed by atoms with Crippen LogP contribution in [0.4, 0.5) is 0 Å². The number of carbonyl (C=O) groups excluding carboxylic acids is 1. The van der Waals surface area contributed by atoms with Gasteiger partial charge < -0.3 is 10.3 Å². The quantitative estimate of drug-likeness (QED) is 0.519. The Labute approximate surface area is 160 Å². The number of hydrogen-bond donors (Lipinski definition) is 2. The van der Waals surface area contributed by atoms with Crippen molar-refractivity contribution in [3.05, 3.63) is 66.2 Å². The normalized spacial score (nSPS) is 10.9. The lowest BCUT2D eigenvalue weighted by molar-refractivity contribution is -0.116. The second-order valence-corrected chi connectivity index (χ2v) is 7.25. The van der Waals surface area contributed by atoms with Crippen LogP contribution in [0.25, 0.3) is 32.7 Å². The Morgan fingerprint density at radius 3 is 3.00 bits per heavy atom. The van der Waals surface area contributed by atoms with Crippen molar-refractivity contribution in [1.29, 1.82) is 0 Å². The molecule has 4 rings (SSSR count). The van der Waals surface area contributed by atoms with Crippen molar-refractivity contribution in [3.8, 4) is 21.7 Å². The van der Waals surface area contributed by atoms with Crippen molar-refractivity contribution in [1.82, 2.24) is 25.3 Å². The van der Waals surface area contributed by atoms with Crippen LogP contribution in [-0.4, -0.2) is 25.8 Å². The van der Waals surface area contributed by atoms with Crippen molar-refractivity contribution in [3.63, 3.8) is 0 Å². The van der Waals surface area contributed by atoms with Crippen LogP contribution < -0.4 is 5.32 Å². The molecule has 0 saturated heterocycles. The molecule has 0 bridgehead atoms. The first kappa shape index (κ1) is 17.1. The molecule has 3 heterocycles. The number of H-pyrrole nitrogens is 1. The van der Waals surface area contributed by atoms with E-state index >= 15 is 0 Å². The summed E-state index contributed by atoms with van der Waals surface area (Å²) in [6.07, 6.45) is 6.65. The minimum absolute atomic E-state index is 0.196. The highest BCUT2D eigenvalue weighted by molar-refractivity contribution is 7.15. The fourth-order valence-electron chi connectivity index (χ4n) is 2.95. The van der Waals surface area contributed by atoms with E-state index in [9.17, 15) is 4.79 Å². The van der Waals surface area contributed by atoms with Gasteiger partial charge in [0, 0.05) is 30.1 Å². The molecule has 7 heteroatoms. The van der Waals surface area contributed by atoms with Crippen molar-refractivity contribution < 1.29 is 4.79 Å². The van der Waals surface area contributed by atoms with Gasteiger partial charge in [-0.1, -0.05) is 24.8 Å². The molecular formula is C20H17N5OS. The zero-order chi connectivity index (χ0) is 18.8. The van der Waals surface area contributed by atoms with E-state index in [0.29, 0.717) is 6.54 Å². The van der Waals surface area contributed by atoms with Gasteiger partial charge in [-0.15, -0.1) is 11.3 Å². The molecular weight excluding hydrogens is 358 g/mol. The molecule has 0 aliphatic carbocycles. The standard InChI is InChI=1S/C20H17N5OS/c1-3-17(26)22-8-13-5-4-6-14(7-13)19-18-15(16-10-21-12(2)27-16)9-23-20(18)25-11-24-19/h3-7,9-11H,1,8H2,2H3,(H,22,26)(H,23,24,25). The first-order valence-corrected chi connectivity index (χ1v) is 9.22. The average molecular weight is 375 g/mol. The third-order valence-electron chi connectivity index (χ3n) is 4.21. The topological polar surface area (TPSA) is 83.6 Å². The summed E-state index contributed by atoms with van der Waals surface area (Å²) in [7, 11) is 0. The van der Waals surface area contributed by atoms with Gasteiger partial charge in [-0.25, -0.2) is 15.0 Å². The van der Waals surface area contributed by atoms with Crippen LogP contribution in [0.2, 0.25) is 0 Å². The molecule has 2 N–H and O–H groups in total. The number of amides is 1. The van der Waals surface area contributed by atoms with Gasteiger partial charge in [0.1, 0.15) is 12.0 Å². The van der Waals surface area contributed by atoms with Gasteiger partial charge in [0.2, 0.25) is 5.91 Å². The summed E-state index contributed by atoms with van der Waals surface area (Å²) in [5.41, 5.74) is 4.62. The minimum atomic E-state index is -0.196. The lowest BCUT2D eigenvalue weighted by Crippen LogP contribution is -2.19. The van der Waals surface area contributed by atoms with E-state index in [-0.39, 0.29) is 5.91 Å². The lowest BCUT2D eigenvalue weighted by Gasteiger charge is -2.07. The second-order valence-electron chi connectivity index (χ2n) is 6.01. The second kappa shape index (κ2) is 7.13. The zero-order valence-corrected chi connectivity index (χ0v) is 15.5. The summed E-state index contributed by atoms with van der Waals surface area (Å²) < 4.78 is 0. The number of rotatable bonds is 5. The van der Waals surface area contributed by atoms with E-state index in [0.717, 1.165) is 43.3 Å². The summed E-state index contributed by atoms with van der Waals surface area (Å²) in [5.74, 6) is -0.196. The molecule has 0 unspecified atom stereocenters. The van der Waals surface area contributed by atoms with Crippen LogP contribution in [0, 0.1) is 6.92 Å². The molecule has 3 aromatic heterocycles. The number of hydrogen-bond acceptors (Lipinski definition) is 5. The van der Waals surface area contributed by atoms with Crippen molar-refractivity contribution in [2.75, 3.05) is 0 Å². The van der Waals surface area contributed by atoms with Crippen LogP contribution in [0.1, 0.15) is 10.6 Å². The van der Waals surface area contributed by atoms with Crippen molar-refractivity contribution in [2.24, 2.45) is 0 Å². The molecule has 0 aliphatic rings. The number of aromatic amines is 1. The molecule has 0 radical (unpaired) electrons. The molecule has 0 fully saturated rings. The maximum absolute atomic E-state index is 11.4. The number of nitrogens with one attached hydrogen (secondary N) is 2. The van der Waals surface area contributed by atoms with Crippen LogP contribution in [0.3, 0.4) is 0 Å². The Bertz CT molecular complexity index is 1140. The average Bonchev–Trinajstić information content (AvgIpc) is 3.32. The van der Waals surface area contributed by atoms with Gasteiger partial charge in [-0.05, 0) is 24.6 Å². The van der Waals surface area contributed by atoms with Gasteiger partial charge in [0.15, 0.2) is 0 Å². The van der Waals surface area contributed by atoms with Crippen LogP contribution in [-0.2, 0) is 11.3 Å². The number of aromatic nitrogens is 4. The van der Waals surface area contributed by atoms with Gasteiger partial charge >= 0.3 is 0 Å². The van der Waals surface area contributed by atoms with Crippen LogP contribution >= 0.6 is 11.3 Å². The highest BCUT2D eigenvalue weighted by atomic mass is 32.1. The summed E-state index contributed by atoms with van der Waals surface area (Å²) in [6.45, 7) is 5.89. The third-order valence-corrected chi connectivity index (χ3v) is 5.16. The zero-order valence-electron chi connectivity index (χ0n) is 14.7.